The Hall–Kier alpha value is -3.25. The van der Waals surface area contributed by atoms with Crippen LogP contribution in [0.4, 0.5) is 4.39 Å². The lowest BCUT2D eigenvalue weighted by atomic mass is 9.83. The number of piperazine rings is 1. The van der Waals surface area contributed by atoms with E-state index in [1.807, 2.05) is 23.1 Å². The van der Waals surface area contributed by atoms with Gasteiger partial charge in [0.05, 0.1) is 0 Å². The molecule has 2 heterocycles. The highest BCUT2D eigenvalue weighted by molar-refractivity contribution is 5.86. The molecular weight excluding hydrogens is 441 g/mol. The van der Waals surface area contributed by atoms with Crippen molar-refractivity contribution in [2.24, 2.45) is 0 Å². The molecule has 0 spiro atoms. The van der Waals surface area contributed by atoms with Crippen LogP contribution in [0.15, 0.2) is 66.7 Å². The van der Waals surface area contributed by atoms with Gasteiger partial charge in [0.1, 0.15) is 5.82 Å². The fourth-order valence-corrected chi connectivity index (χ4v) is 5.55. The predicted octanol–water partition coefficient (Wildman–Crippen LogP) is 4.29. The van der Waals surface area contributed by atoms with E-state index in [9.17, 15) is 14.0 Å². The van der Waals surface area contributed by atoms with Crippen LogP contribution in [0.25, 0.3) is 10.8 Å². The summed E-state index contributed by atoms with van der Waals surface area (Å²) in [6.07, 6.45) is 3.06. The van der Waals surface area contributed by atoms with Crippen LogP contribution in [0.2, 0.25) is 0 Å². The van der Waals surface area contributed by atoms with Crippen molar-refractivity contribution in [1.29, 1.82) is 0 Å². The van der Waals surface area contributed by atoms with Crippen LogP contribution in [-0.2, 0) is 22.6 Å². The van der Waals surface area contributed by atoms with E-state index < -0.39 is 0 Å². The van der Waals surface area contributed by atoms with E-state index in [1.165, 1.54) is 22.4 Å². The molecule has 2 aliphatic heterocycles. The summed E-state index contributed by atoms with van der Waals surface area (Å²) in [5.41, 5.74) is 1.79. The lowest BCUT2D eigenvalue weighted by Crippen LogP contribution is -2.49. The first-order chi connectivity index (χ1) is 17.0. The Kier molecular flexibility index (Phi) is 6.82. The Morgan fingerprint density at radius 2 is 1.74 bits per heavy atom. The monoisotopic (exact) mass is 473 g/mol. The van der Waals surface area contributed by atoms with Crippen LogP contribution in [-0.4, -0.2) is 53.3 Å². The van der Waals surface area contributed by atoms with Gasteiger partial charge < -0.3 is 10.2 Å². The van der Waals surface area contributed by atoms with E-state index in [4.69, 9.17) is 0 Å². The fraction of sp³-hybridized carbons (Fsp3) is 0.379. The van der Waals surface area contributed by atoms with Crippen LogP contribution in [0, 0.1) is 5.82 Å². The molecular formula is C29H32FN3O2. The molecule has 5 rings (SSSR count). The Morgan fingerprint density at radius 3 is 2.51 bits per heavy atom. The SMILES string of the molecule is O=C1CC[C@](CCC(=O)N2CCN(Cc3cccc(F)c3)CC2)(Cc2cccc3ccccc23)N1. The smallest absolute Gasteiger partial charge is 0.222 e. The maximum absolute atomic E-state index is 13.5. The third kappa shape index (κ3) is 5.54. The summed E-state index contributed by atoms with van der Waals surface area (Å²) in [6.45, 7) is 3.61. The van der Waals surface area contributed by atoms with Gasteiger partial charge in [-0.25, -0.2) is 4.39 Å². The standard InChI is InChI=1S/C29H32FN3O2/c30-25-9-3-5-22(19-25)21-32-15-17-33(18-16-32)28(35)12-14-29(13-11-27(34)31-29)20-24-8-4-7-23-6-1-2-10-26(23)24/h1-10,19H,11-18,20-21H2,(H,31,34)/t29-/m0/s1. The minimum absolute atomic E-state index is 0.0728. The van der Waals surface area contributed by atoms with Gasteiger partial charge in [-0.1, -0.05) is 54.6 Å². The van der Waals surface area contributed by atoms with Gasteiger partial charge in [-0.3, -0.25) is 14.5 Å². The average Bonchev–Trinajstić information content (AvgIpc) is 3.24. The van der Waals surface area contributed by atoms with Gasteiger partial charge in [0.2, 0.25) is 11.8 Å². The summed E-state index contributed by atoms with van der Waals surface area (Å²) in [6, 6.07) is 21.3. The first-order valence-corrected chi connectivity index (χ1v) is 12.5. The molecule has 0 saturated carbocycles. The Bertz CT molecular complexity index is 1220. The van der Waals surface area contributed by atoms with E-state index in [0.29, 0.717) is 38.9 Å². The lowest BCUT2D eigenvalue weighted by Gasteiger charge is -2.36. The average molecular weight is 474 g/mol. The Labute approximate surface area is 205 Å². The van der Waals surface area contributed by atoms with Gasteiger partial charge in [-0.05, 0) is 53.3 Å². The van der Waals surface area contributed by atoms with Crippen LogP contribution >= 0.6 is 0 Å². The van der Waals surface area contributed by atoms with Crippen molar-refractivity contribution >= 4 is 22.6 Å². The molecule has 0 aliphatic carbocycles. The molecule has 1 N–H and O–H groups in total. The Balaban J connectivity index is 1.19. The number of fused-ring (bicyclic) bond motifs is 1. The summed E-state index contributed by atoms with van der Waals surface area (Å²) in [4.78, 5) is 29.5. The zero-order valence-corrected chi connectivity index (χ0v) is 20.0. The first-order valence-electron chi connectivity index (χ1n) is 12.5. The molecule has 0 radical (unpaired) electrons. The van der Waals surface area contributed by atoms with Crippen molar-refractivity contribution in [3.63, 3.8) is 0 Å². The molecule has 0 unspecified atom stereocenters. The van der Waals surface area contributed by atoms with Gasteiger partial charge in [0.25, 0.3) is 0 Å². The largest absolute Gasteiger partial charge is 0.350 e. The highest BCUT2D eigenvalue weighted by Gasteiger charge is 2.38. The summed E-state index contributed by atoms with van der Waals surface area (Å²) in [7, 11) is 0. The highest BCUT2D eigenvalue weighted by atomic mass is 19.1. The molecule has 3 aromatic carbocycles. The number of benzene rings is 3. The number of nitrogens with one attached hydrogen (secondary N) is 1. The molecule has 2 fully saturated rings. The topological polar surface area (TPSA) is 52.7 Å². The zero-order chi connectivity index (χ0) is 24.3. The molecule has 6 heteroatoms. The van der Waals surface area contributed by atoms with Crippen LogP contribution in [0.5, 0.6) is 0 Å². The molecule has 5 nitrogen and oxygen atoms in total. The summed E-state index contributed by atoms with van der Waals surface area (Å²) < 4.78 is 13.5. The number of nitrogens with zero attached hydrogens (tertiary/aromatic N) is 2. The molecule has 182 valence electrons. The van der Waals surface area contributed by atoms with E-state index >= 15 is 0 Å². The lowest BCUT2D eigenvalue weighted by molar-refractivity contribution is -0.133. The maximum Gasteiger partial charge on any atom is 0.222 e. The number of hydrogen-bond acceptors (Lipinski definition) is 3. The number of carbonyl (C=O) groups is 2. The third-order valence-electron chi connectivity index (χ3n) is 7.48. The normalized spacial score (nSPS) is 20.8. The number of hydrogen-bond donors (Lipinski definition) is 1. The van der Waals surface area contributed by atoms with E-state index in [2.05, 4.69) is 40.5 Å². The maximum atomic E-state index is 13.5. The van der Waals surface area contributed by atoms with E-state index in [1.54, 1.807) is 12.1 Å². The fourth-order valence-electron chi connectivity index (χ4n) is 5.55. The van der Waals surface area contributed by atoms with E-state index in [-0.39, 0.29) is 23.2 Å². The highest BCUT2D eigenvalue weighted by Crippen LogP contribution is 2.32. The van der Waals surface area contributed by atoms with Crippen molar-refractivity contribution in [2.45, 2.75) is 44.2 Å². The first kappa shape index (κ1) is 23.5. The van der Waals surface area contributed by atoms with Gasteiger partial charge >= 0.3 is 0 Å². The van der Waals surface area contributed by atoms with Crippen molar-refractivity contribution in [1.82, 2.24) is 15.1 Å². The Morgan fingerprint density at radius 1 is 0.971 bits per heavy atom. The van der Waals surface area contributed by atoms with Gasteiger partial charge in [0, 0.05) is 51.1 Å². The molecule has 2 aliphatic rings. The second kappa shape index (κ2) is 10.2. The van der Waals surface area contributed by atoms with Crippen LogP contribution in [0.3, 0.4) is 0 Å². The number of halogens is 1. The third-order valence-corrected chi connectivity index (χ3v) is 7.48. The van der Waals surface area contributed by atoms with Gasteiger partial charge in [-0.2, -0.15) is 0 Å². The van der Waals surface area contributed by atoms with Crippen molar-refractivity contribution in [3.8, 4) is 0 Å². The molecule has 35 heavy (non-hydrogen) atoms. The minimum atomic E-state index is -0.379. The molecule has 0 bridgehead atoms. The van der Waals surface area contributed by atoms with Gasteiger partial charge in [-0.15, -0.1) is 0 Å². The molecule has 3 aromatic rings. The summed E-state index contributed by atoms with van der Waals surface area (Å²) in [5, 5.41) is 5.63. The molecule has 1 atom stereocenters. The molecule has 2 saturated heterocycles. The van der Waals surface area contributed by atoms with Crippen molar-refractivity contribution in [2.75, 3.05) is 26.2 Å². The van der Waals surface area contributed by atoms with Crippen molar-refractivity contribution in [3.05, 3.63) is 83.7 Å². The minimum Gasteiger partial charge on any atom is -0.350 e. The number of amides is 2. The number of rotatable bonds is 7. The quantitative estimate of drug-likeness (QED) is 0.557. The summed E-state index contributed by atoms with van der Waals surface area (Å²) >= 11 is 0. The predicted molar refractivity (Wildman–Crippen MR) is 135 cm³/mol. The number of carbonyl (C=O) groups excluding carboxylic acids is 2. The zero-order valence-electron chi connectivity index (χ0n) is 20.0. The van der Waals surface area contributed by atoms with E-state index in [0.717, 1.165) is 31.5 Å². The van der Waals surface area contributed by atoms with Crippen molar-refractivity contribution < 1.29 is 14.0 Å². The molecule has 0 aromatic heterocycles. The van der Waals surface area contributed by atoms with Crippen LogP contribution < -0.4 is 5.32 Å². The second-order valence-electron chi connectivity index (χ2n) is 9.93. The molecule has 2 amide bonds. The van der Waals surface area contributed by atoms with Crippen LogP contribution in [0.1, 0.15) is 36.8 Å². The van der Waals surface area contributed by atoms with Gasteiger partial charge in [0.15, 0.2) is 0 Å². The summed E-state index contributed by atoms with van der Waals surface area (Å²) in [5.74, 6) is 0.00486. The second-order valence-corrected chi connectivity index (χ2v) is 9.93.